The molecule has 1 unspecified atom stereocenters. The Labute approximate surface area is 132 Å². The lowest BCUT2D eigenvalue weighted by Gasteiger charge is -2.12. The van der Waals surface area contributed by atoms with Crippen molar-refractivity contribution >= 4 is 23.4 Å². The molecular weight excluding hydrogens is 304 g/mol. The first-order valence-corrected chi connectivity index (χ1v) is 7.93. The molecule has 0 aliphatic rings. The van der Waals surface area contributed by atoms with Crippen LogP contribution in [0.15, 0.2) is 42.5 Å². The quantitative estimate of drug-likeness (QED) is 0.876. The summed E-state index contributed by atoms with van der Waals surface area (Å²) in [5.41, 5.74) is 1.80. The van der Waals surface area contributed by atoms with Gasteiger partial charge in [0.1, 0.15) is 11.6 Å². The Morgan fingerprint density at radius 3 is 2.68 bits per heavy atom. The van der Waals surface area contributed by atoms with E-state index in [1.807, 2.05) is 6.07 Å². The van der Waals surface area contributed by atoms with Gasteiger partial charge >= 0.3 is 0 Å². The Balaban J connectivity index is 1.90. The molecule has 2 nitrogen and oxygen atoms in total. The molecule has 0 heterocycles. The van der Waals surface area contributed by atoms with E-state index in [-0.39, 0.29) is 22.8 Å². The molecule has 2 rings (SSSR count). The van der Waals surface area contributed by atoms with Crippen molar-refractivity contribution in [2.24, 2.45) is 0 Å². The molecule has 0 radical (unpaired) electrons. The molecule has 0 saturated heterocycles. The van der Waals surface area contributed by atoms with E-state index in [0.29, 0.717) is 17.0 Å². The molecule has 1 atom stereocenters. The summed E-state index contributed by atoms with van der Waals surface area (Å²) in [6, 6.07) is 10.9. The van der Waals surface area contributed by atoms with E-state index in [1.54, 1.807) is 32.0 Å². The molecule has 2 aromatic carbocycles. The monoisotopic (exact) mass is 321 g/mol. The number of rotatable bonds is 5. The number of thioether (sulfide) groups is 1. The van der Waals surface area contributed by atoms with E-state index in [4.69, 9.17) is 0 Å². The summed E-state index contributed by atoms with van der Waals surface area (Å²) in [5, 5.41) is 2.36. The summed E-state index contributed by atoms with van der Waals surface area (Å²) in [6.07, 6.45) is 0. The Hall–Kier alpha value is -1.88. The van der Waals surface area contributed by atoms with Crippen LogP contribution < -0.4 is 5.32 Å². The average molecular weight is 321 g/mol. The number of benzene rings is 2. The van der Waals surface area contributed by atoms with Crippen molar-refractivity contribution in [3.8, 4) is 0 Å². The van der Waals surface area contributed by atoms with Gasteiger partial charge in [0.05, 0.1) is 5.25 Å². The Kier molecular flexibility index (Phi) is 5.55. The summed E-state index contributed by atoms with van der Waals surface area (Å²) in [5.74, 6) is -0.304. The van der Waals surface area contributed by atoms with Gasteiger partial charge < -0.3 is 5.32 Å². The van der Waals surface area contributed by atoms with Crippen molar-refractivity contribution in [1.29, 1.82) is 0 Å². The van der Waals surface area contributed by atoms with Gasteiger partial charge in [-0.1, -0.05) is 18.2 Å². The van der Waals surface area contributed by atoms with Crippen LogP contribution in [0.1, 0.15) is 18.1 Å². The van der Waals surface area contributed by atoms with Gasteiger partial charge in [-0.15, -0.1) is 11.8 Å². The zero-order valence-corrected chi connectivity index (χ0v) is 13.2. The van der Waals surface area contributed by atoms with Crippen LogP contribution in [0.25, 0.3) is 0 Å². The first-order valence-electron chi connectivity index (χ1n) is 6.89. The van der Waals surface area contributed by atoms with E-state index in [2.05, 4.69) is 5.32 Å². The highest BCUT2D eigenvalue weighted by molar-refractivity contribution is 7.99. The Morgan fingerprint density at radius 2 is 2.00 bits per heavy atom. The van der Waals surface area contributed by atoms with E-state index in [9.17, 15) is 13.6 Å². The number of carbonyl (C=O) groups excluding carboxylic acids is 1. The summed E-state index contributed by atoms with van der Waals surface area (Å²) in [7, 11) is 0. The molecule has 5 heteroatoms. The third-order valence-corrected chi connectivity index (χ3v) is 4.41. The number of carbonyl (C=O) groups is 1. The molecule has 0 fully saturated rings. The molecule has 116 valence electrons. The lowest BCUT2D eigenvalue weighted by atomic mass is 10.2. The van der Waals surface area contributed by atoms with Gasteiger partial charge in [0.25, 0.3) is 0 Å². The number of nitrogens with one attached hydrogen (secondary N) is 1. The fraction of sp³-hybridized carbons (Fsp3) is 0.235. The molecule has 2 aromatic rings. The second-order valence-corrected chi connectivity index (χ2v) is 6.37. The van der Waals surface area contributed by atoms with Crippen molar-refractivity contribution < 1.29 is 13.6 Å². The van der Waals surface area contributed by atoms with Gasteiger partial charge in [0, 0.05) is 11.4 Å². The smallest absolute Gasteiger partial charge is 0.237 e. The number of halogens is 2. The second kappa shape index (κ2) is 7.40. The third-order valence-electron chi connectivity index (χ3n) is 3.20. The summed E-state index contributed by atoms with van der Waals surface area (Å²) in [6.45, 7) is 3.43. The molecule has 0 aromatic heterocycles. The molecule has 0 aliphatic heterocycles. The molecule has 0 saturated carbocycles. The summed E-state index contributed by atoms with van der Waals surface area (Å²) < 4.78 is 26.5. The van der Waals surface area contributed by atoms with Crippen LogP contribution in [0.3, 0.4) is 0 Å². The standard InChI is InChI=1S/C17H17F2NOS/c1-11-6-7-15(9-16(11)19)20-17(21)12(2)22-10-13-4-3-5-14(18)8-13/h3-9,12H,10H2,1-2H3,(H,20,21). The number of aryl methyl sites for hydroxylation is 1. The van der Waals surface area contributed by atoms with Crippen LogP contribution in [0.4, 0.5) is 14.5 Å². The third kappa shape index (κ3) is 4.56. The molecular formula is C17H17F2NOS. The van der Waals surface area contributed by atoms with Gasteiger partial charge in [-0.05, 0) is 49.2 Å². The summed E-state index contributed by atoms with van der Waals surface area (Å²) >= 11 is 1.40. The number of amides is 1. The van der Waals surface area contributed by atoms with E-state index in [1.165, 1.54) is 30.0 Å². The highest BCUT2D eigenvalue weighted by Crippen LogP contribution is 2.20. The maximum Gasteiger partial charge on any atom is 0.237 e. The normalized spacial score (nSPS) is 12.0. The zero-order valence-electron chi connectivity index (χ0n) is 12.4. The van der Waals surface area contributed by atoms with Gasteiger partial charge in [-0.2, -0.15) is 0 Å². The minimum absolute atomic E-state index is 0.204. The highest BCUT2D eigenvalue weighted by atomic mass is 32.2. The molecule has 1 N–H and O–H groups in total. The van der Waals surface area contributed by atoms with Gasteiger partial charge in [0.15, 0.2) is 0 Å². The Morgan fingerprint density at radius 1 is 1.23 bits per heavy atom. The van der Waals surface area contributed by atoms with Crippen molar-refractivity contribution in [1.82, 2.24) is 0 Å². The minimum Gasteiger partial charge on any atom is -0.325 e. The molecule has 22 heavy (non-hydrogen) atoms. The topological polar surface area (TPSA) is 29.1 Å². The van der Waals surface area contributed by atoms with Gasteiger partial charge in [-0.3, -0.25) is 4.79 Å². The van der Waals surface area contributed by atoms with Crippen LogP contribution in [-0.2, 0) is 10.5 Å². The van der Waals surface area contributed by atoms with Crippen LogP contribution >= 0.6 is 11.8 Å². The molecule has 0 bridgehead atoms. The van der Waals surface area contributed by atoms with Crippen LogP contribution in [0.2, 0.25) is 0 Å². The van der Waals surface area contributed by atoms with Crippen molar-refractivity contribution in [2.45, 2.75) is 24.9 Å². The number of anilines is 1. The van der Waals surface area contributed by atoms with Gasteiger partial charge in [0.2, 0.25) is 5.91 Å². The zero-order chi connectivity index (χ0) is 16.1. The maximum atomic E-state index is 13.4. The molecule has 0 aliphatic carbocycles. The Bertz CT molecular complexity index is 675. The molecule has 1 amide bonds. The number of hydrogen-bond acceptors (Lipinski definition) is 2. The highest BCUT2D eigenvalue weighted by Gasteiger charge is 2.14. The second-order valence-electron chi connectivity index (χ2n) is 5.04. The predicted octanol–water partition coefficient (Wildman–Crippen LogP) is 4.53. The van der Waals surface area contributed by atoms with Crippen molar-refractivity contribution in [3.05, 3.63) is 65.2 Å². The van der Waals surface area contributed by atoms with Crippen LogP contribution in [0, 0.1) is 18.6 Å². The van der Waals surface area contributed by atoms with E-state index >= 15 is 0 Å². The first-order chi connectivity index (χ1) is 10.5. The van der Waals surface area contributed by atoms with Crippen molar-refractivity contribution in [3.63, 3.8) is 0 Å². The SMILES string of the molecule is Cc1ccc(NC(=O)C(C)SCc2cccc(F)c2)cc1F. The largest absolute Gasteiger partial charge is 0.325 e. The first kappa shape index (κ1) is 16.5. The van der Waals surface area contributed by atoms with Crippen LogP contribution in [-0.4, -0.2) is 11.2 Å². The fourth-order valence-corrected chi connectivity index (χ4v) is 2.67. The van der Waals surface area contributed by atoms with E-state index < -0.39 is 0 Å². The fourth-order valence-electron chi connectivity index (χ4n) is 1.84. The van der Waals surface area contributed by atoms with Crippen molar-refractivity contribution in [2.75, 3.05) is 5.32 Å². The maximum absolute atomic E-state index is 13.4. The lowest BCUT2D eigenvalue weighted by Crippen LogP contribution is -2.22. The minimum atomic E-state index is -0.349. The van der Waals surface area contributed by atoms with E-state index in [0.717, 1.165) is 5.56 Å². The average Bonchev–Trinajstić information content (AvgIpc) is 2.48. The lowest BCUT2D eigenvalue weighted by molar-refractivity contribution is -0.115. The summed E-state index contributed by atoms with van der Waals surface area (Å²) in [4.78, 5) is 12.1. The van der Waals surface area contributed by atoms with Crippen LogP contribution in [0.5, 0.6) is 0 Å². The number of hydrogen-bond donors (Lipinski definition) is 1. The van der Waals surface area contributed by atoms with Gasteiger partial charge in [-0.25, -0.2) is 8.78 Å². The molecule has 0 spiro atoms. The predicted molar refractivity (Wildman–Crippen MR) is 86.9 cm³/mol.